The van der Waals surface area contributed by atoms with Gasteiger partial charge in [-0.15, -0.1) is 0 Å². The van der Waals surface area contributed by atoms with Crippen LogP contribution in [0.2, 0.25) is 0 Å². The molecular weight excluding hydrogens is 381 g/mol. The number of hydrogen-bond acceptors (Lipinski definition) is 2. The fourth-order valence-corrected chi connectivity index (χ4v) is 5.76. The van der Waals surface area contributed by atoms with Gasteiger partial charge in [0.2, 0.25) is 0 Å². The Bertz CT molecular complexity index is 446. The van der Waals surface area contributed by atoms with E-state index in [2.05, 4.69) is 19.1 Å². The Morgan fingerprint density at radius 3 is 1.69 bits per heavy atom. The molecule has 0 saturated heterocycles. The summed E-state index contributed by atoms with van der Waals surface area (Å²) in [6, 6.07) is 0. The number of hydrogen-bond donors (Lipinski definition) is 1. The molecule has 0 rings (SSSR count). The highest BCUT2D eigenvalue weighted by atomic mass is 31.2. The standard InChI is InChI=1S/C24H50NO3P/c1-6-8-9-10-11-12-13-14-15-16-17-18-19-20-21-22-23-28-29(26,27)24(7-2)25(3,4)5/h19-20,24H,6-18,21-23H2,1-5H3/p+1. The number of rotatable bonds is 20. The largest absolute Gasteiger partial charge is 0.385 e. The highest BCUT2D eigenvalue weighted by Gasteiger charge is 2.41. The molecule has 0 amide bonds. The van der Waals surface area contributed by atoms with E-state index in [1.165, 1.54) is 70.6 Å². The molecule has 174 valence electrons. The van der Waals surface area contributed by atoms with Crippen molar-refractivity contribution in [1.29, 1.82) is 0 Å². The summed E-state index contributed by atoms with van der Waals surface area (Å²) in [5.74, 6) is -0.362. The van der Waals surface area contributed by atoms with Gasteiger partial charge in [0, 0.05) is 6.42 Å². The first kappa shape index (κ1) is 28.9. The molecule has 5 heteroatoms. The molecule has 0 radical (unpaired) electrons. The van der Waals surface area contributed by atoms with Gasteiger partial charge < -0.3 is 13.9 Å². The Hall–Kier alpha value is -0.150. The molecule has 1 N–H and O–H groups in total. The van der Waals surface area contributed by atoms with Gasteiger partial charge in [0.15, 0.2) is 5.78 Å². The van der Waals surface area contributed by atoms with Crippen LogP contribution < -0.4 is 0 Å². The molecular formula is C24H51NO3P+. The minimum atomic E-state index is -3.57. The minimum Gasteiger partial charge on any atom is -0.320 e. The van der Waals surface area contributed by atoms with Crippen molar-refractivity contribution in [3.63, 3.8) is 0 Å². The van der Waals surface area contributed by atoms with E-state index in [0.717, 1.165) is 19.3 Å². The van der Waals surface area contributed by atoms with Crippen molar-refractivity contribution in [3.05, 3.63) is 12.2 Å². The molecule has 29 heavy (non-hydrogen) atoms. The molecule has 0 bridgehead atoms. The molecule has 0 fully saturated rings. The summed E-state index contributed by atoms with van der Waals surface area (Å²) >= 11 is 0. The summed E-state index contributed by atoms with van der Waals surface area (Å²) in [5, 5.41) is 0. The molecule has 0 aromatic rings. The summed E-state index contributed by atoms with van der Waals surface area (Å²) in [4.78, 5) is 10.2. The summed E-state index contributed by atoms with van der Waals surface area (Å²) in [7, 11) is 2.26. The van der Waals surface area contributed by atoms with Gasteiger partial charge in [-0.2, -0.15) is 0 Å². The van der Waals surface area contributed by atoms with E-state index in [0.29, 0.717) is 17.5 Å². The van der Waals surface area contributed by atoms with Crippen LogP contribution in [0.4, 0.5) is 0 Å². The van der Waals surface area contributed by atoms with Crippen molar-refractivity contribution >= 4 is 7.60 Å². The Morgan fingerprint density at radius 2 is 1.24 bits per heavy atom. The lowest BCUT2D eigenvalue weighted by Gasteiger charge is -2.35. The molecule has 0 aliphatic rings. The van der Waals surface area contributed by atoms with Gasteiger partial charge in [-0.1, -0.05) is 90.2 Å². The summed E-state index contributed by atoms with van der Waals surface area (Å²) in [5.41, 5.74) is 0. The van der Waals surface area contributed by atoms with E-state index in [4.69, 9.17) is 4.52 Å². The van der Waals surface area contributed by atoms with Crippen molar-refractivity contribution in [1.82, 2.24) is 0 Å². The van der Waals surface area contributed by atoms with Crippen LogP contribution in [-0.4, -0.2) is 42.9 Å². The van der Waals surface area contributed by atoms with Gasteiger partial charge >= 0.3 is 7.60 Å². The first-order valence-corrected chi connectivity index (χ1v) is 13.8. The SMILES string of the molecule is CCCCCCCCCCCCCC=CCCCOP(=O)(O)C(CC)[N+](C)(C)C. The maximum absolute atomic E-state index is 12.5. The Labute approximate surface area is 182 Å². The third-order valence-corrected chi connectivity index (χ3v) is 7.93. The fraction of sp³-hybridized carbons (Fsp3) is 0.917. The lowest BCUT2D eigenvalue weighted by Crippen LogP contribution is -2.44. The average Bonchev–Trinajstić information content (AvgIpc) is 2.63. The number of allylic oxidation sites excluding steroid dienone is 2. The van der Waals surface area contributed by atoms with Gasteiger partial charge in [0.25, 0.3) is 0 Å². The van der Waals surface area contributed by atoms with Gasteiger partial charge in [-0.3, -0.25) is 4.57 Å². The van der Waals surface area contributed by atoms with Gasteiger partial charge in [-0.25, -0.2) is 0 Å². The first-order chi connectivity index (χ1) is 13.8. The smallest absolute Gasteiger partial charge is 0.320 e. The highest BCUT2D eigenvalue weighted by molar-refractivity contribution is 7.53. The maximum atomic E-state index is 12.5. The predicted octanol–water partition coefficient (Wildman–Crippen LogP) is 7.67. The lowest BCUT2D eigenvalue weighted by atomic mass is 10.1. The van der Waals surface area contributed by atoms with Crippen LogP contribution in [0.15, 0.2) is 12.2 Å². The van der Waals surface area contributed by atoms with Crippen molar-refractivity contribution in [2.75, 3.05) is 27.7 Å². The fourth-order valence-electron chi connectivity index (χ4n) is 3.86. The van der Waals surface area contributed by atoms with Crippen LogP contribution in [0, 0.1) is 0 Å². The zero-order valence-corrected chi connectivity index (χ0v) is 21.1. The van der Waals surface area contributed by atoms with E-state index in [-0.39, 0.29) is 5.78 Å². The van der Waals surface area contributed by atoms with Crippen LogP contribution in [0.25, 0.3) is 0 Å². The van der Waals surface area contributed by atoms with Crippen molar-refractivity contribution in [3.8, 4) is 0 Å². The second-order valence-corrected chi connectivity index (χ2v) is 11.3. The number of unbranched alkanes of at least 4 members (excludes halogenated alkanes) is 12. The zero-order chi connectivity index (χ0) is 22.0. The highest BCUT2D eigenvalue weighted by Crippen LogP contribution is 2.51. The quantitative estimate of drug-likeness (QED) is 0.0929. The van der Waals surface area contributed by atoms with Crippen LogP contribution >= 0.6 is 7.60 Å². The molecule has 0 aromatic heterocycles. The Balaban J connectivity index is 3.56. The second-order valence-electron chi connectivity index (χ2n) is 9.34. The van der Waals surface area contributed by atoms with Gasteiger partial charge in [-0.05, 0) is 25.7 Å². The first-order valence-electron chi connectivity index (χ1n) is 12.2. The molecule has 2 atom stereocenters. The normalized spacial score (nSPS) is 15.7. The third kappa shape index (κ3) is 16.2. The number of quaternary nitrogens is 1. The third-order valence-electron chi connectivity index (χ3n) is 5.57. The Morgan fingerprint density at radius 1 is 0.793 bits per heavy atom. The summed E-state index contributed by atoms with van der Waals surface area (Å²) in [6.07, 6.45) is 23.1. The van der Waals surface area contributed by atoms with E-state index in [1.54, 1.807) is 0 Å². The monoisotopic (exact) mass is 432 g/mol. The minimum absolute atomic E-state index is 0.354. The molecule has 4 nitrogen and oxygen atoms in total. The molecule has 0 saturated carbocycles. The van der Waals surface area contributed by atoms with E-state index in [1.807, 2.05) is 28.1 Å². The van der Waals surface area contributed by atoms with Crippen molar-refractivity contribution in [2.45, 2.75) is 116 Å². The Kier molecular flexibility index (Phi) is 17.4. The van der Waals surface area contributed by atoms with E-state index < -0.39 is 7.60 Å². The molecule has 2 unspecified atom stereocenters. The predicted molar refractivity (Wildman–Crippen MR) is 127 cm³/mol. The van der Waals surface area contributed by atoms with Crippen LogP contribution in [0.5, 0.6) is 0 Å². The zero-order valence-electron chi connectivity index (χ0n) is 20.2. The summed E-state index contributed by atoms with van der Waals surface area (Å²) < 4.78 is 18.3. The van der Waals surface area contributed by atoms with Gasteiger partial charge in [0.1, 0.15) is 0 Å². The molecule has 0 spiro atoms. The second kappa shape index (κ2) is 17.5. The van der Waals surface area contributed by atoms with Crippen molar-refractivity contribution < 1.29 is 18.5 Å². The molecule has 0 aliphatic heterocycles. The van der Waals surface area contributed by atoms with Crippen LogP contribution in [0.1, 0.15) is 110 Å². The topological polar surface area (TPSA) is 46.5 Å². The number of nitrogens with zero attached hydrogens (tertiary/aromatic N) is 1. The molecule has 0 aromatic carbocycles. The lowest BCUT2D eigenvalue weighted by molar-refractivity contribution is -0.883. The average molecular weight is 433 g/mol. The van der Waals surface area contributed by atoms with Crippen LogP contribution in [0.3, 0.4) is 0 Å². The molecule has 0 aliphatic carbocycles. The summed E-state index contributed by atoms with van der Waals surface area (Å²) in [6.45, 7) is 4.57. The maximum Gasteiger partial charge on any atom is 0.385 e. The molecule has 0 heterocycles. The van der Waals surface area contributed by atoms with E-state index in [9.17, 15) is 9.46 Å². The van der Waals surface area contributed by atoms with E-state index >= 15 is 0 Å². The van der Waals surface area contributed by atoms with Gasteiger partial charge in [0.05, 0.1) is 27.7 Å². The van der Waals surface area contributed by atoms with Crippen molar-refractivity contribution in [2.24, 2.45) is 0 Å². The van der Waals surface area contributed by atoms with Crippen LogP contribution in [-0.2, 0) is 9.09 Å².